The van der Waals surface area contributed by atoms with Crippen LogP contribution in [-0.4, -0.2) is 17.8 Å². The predicted octanol–water partition coefficient (Wildman–Crippen LogP) is 4.40. The van der Waals surface area contributed by atoms with E-state index in [1.807, 2.05) is 0 Å². The van der Waals surface area contributed by atoms with Crippen LogP contribution in [0.25, 0.3) is 0 Å². The highest BCUT2D eigenvalue weighted by Gasteiger charge is 2.13. The molecule has 3 nitrogen and oxygen atoms in total. The lowest BCUT2D eigenvalue weighted by atomic mass is 10.1. The second-order valence-corrected chi connectivity index (χ2v) is 5.40. The first-order valence-corrected chi connectivity index (χ1v) is 7.85. The third-order valence-corrected chi connectivity index (χ3v) is 3.68. The molecule has 0 N–H and O–H groups in total. The van der Waals surface area contributed by atoms with E-state index in [1.165, 1.54) is 51.4 Å². The summed E-state index contributed by atoms with van der Waals surface area (Å²) < 4.78 is 13.3. The summed E-state index contributed by atoms with van der Waals surface area (Å²) in [7, 11) is 0. The topological polar surface area (TPSA) is 23.4 Å². The van der Waals surface area contributed by atoms with E-state index >= 15 is 0 Å². The zero-order valence-corrected chi connectivity index (χ0v) is 12.2. The number of unbranched alkanes of at least 4 members (excludes halogenated alkanes) is 7. The Labute approximate surface area is 116 Å². The Kier molecular flexibility index (Phi) is 6.12. The summed E-state index contributed by atoms with van der Waals surface area (Å²) in [5, 5.41) is 0. The lowest BCUT2D eigenvalue weighted by Crippen LogP contribution is -2.13. The molecule has 1 aromatic heterocycles. The van der Waals surface area contributed by atoms with E-state index in [0.717, 1.165) is 18.0 Å². The molecule has 108 valence electrons. The maximum atomic E-state index is 5.54. The molecule has 2 heterocycles. The zero-order chi connectivity index (χ0) is 13.3. The maximum absolute atomic E-state index is 5.54. The molecule has 0 atom stereocenters. The Bertz CT molecular complexity index is 336. The van der Waals surface area contributed by atoms with Gasteiger partial charge in [-0.1, -0.05) is 51.9 Å². The van der Waals surface area contributed by atoms with Gasteiger partial charge in [-0.2, -0.15) is 0 Å². The number of aryl methyl sites for hydroxylation is 1. The summed E-state index contributed by atoms with van der Waals surface area (Å²) in [5.41, 5.74) is 0. The zero-order valence-electron chi connectivity index (χ0n) is 12.2. The van der Waals surface area contributed by atoms with E-state index in [4.69, 9.17) is 9.47 Å². The molecule has 0 radical (unpaired) electrons. The summed E-state index contributed by atoms with van der Waals surface area (Å²) in [6, 6.07) is 0. The SMILES string of the molecule is CCCCCCCCCCn1cc2c(c1)OCCO2. The van der Waals surface area contributed by atoms with Gasteiger partial charge in [0.1, 0.15) is 13.2 Å². The van der Waals surface area contributed by atoms with Gasteiger partial charge in [-0.3, -0.25) is 0 Å². The highest BCUT2D eigenvalue weighted by Crippen LogP contribution is 2.30. The molecule has 3 heteroatoms. The van der Waals surface area contributed by atoms with Crippen LogP contribution in [-0.2, 0) is 6.54 Å². The molecule has 2 rings (SSSR count). The highest BCUT2D eigenvalue weighted by molar-refractivity contribution is 5.38. The second kappa shape index (κ2) is 8.13. The van der Waals surface area contributed by atoms with Gasteiger partial charge in [-0.25, -0.2) is 0 Å². The van der Waals surface area contributed by atoms with Gasteiger partial charge in [0.25, 0.3) is 0 Å². The van der Waals surface area contributed by atoms with Gasteiger partial charge in [0.2, 0.25) is 0 Å². The Morgan fingerprint density at radius 1 is 0.842 bits per heavy atom. The van der Waals surface area contributed by atoms with Crippen molar-refractivity contribution in [3.05, 3.63) is 12.4 Å². The minimum Gasteiger partial charge on any atom is -0.485 e. The molecule has 19 heavy (non-hydrogen) atoms. The Hall–Kier alpha value is -1.12. The number of fused-ring (bicyclic) bond motifs is 1. The van der Waals surface area contributed by atoms with Crippen LogP contribution in [0.1, 0.15) is 58.3 Å². The lowest BCUT2D eigenvalue weighted by molar-refractivity contribution is 0.173. The van der Waals surface area contributed by atoms with Crippen LogP contribution in [0.4, 0.5) is 0 Å². The molecule has 0 aromatic carbocycles. The number of hydrogen-bond donors (Lipinski definition) is 0. The van der Waals surface area contributed by atoms with Crippen LogP contribution in [0, 0.1) is 0 Å². The summed E-state index contributed by atoms with van der Waals surface area (Å²) in [4.78, 5) is 0. The van der Waals surface area contributed by atoms with Gasteiger partial charge < -0.3 is 14.0 Å². The predicted molar refractivity (Wildman–Crippen MR) is 78.0 cm³/mol. The van der Waals surface area contributed by atoms with Gasteiger partial charge in [0.05, 0.1) is 0 Å². The van der Waals surface area contributed by atoms with E-state index in [1.54, 1.807) is 0 Å². The molecule has 1 aliphatic rings. The van der Waals surface area contributed by atoms with Crippen molar-refractivity contribution in [1.82, 2.24) is 4.57 Å². The van der Waals surface area contributed by atoms with E-state index < -0.39 is 0 Å². The van der Waals surface area contributed by atoms with Crippen LogP contribution in [0.15, 0.2) is 12.4 Å². The minimum absolute atomic E-state index is 0.675. The molecule has 0 bridgehead atoms. The number of ether oxygens (including phenoxy) is 2. The molecular weight excluding hydrogens is 238 g/mol. The largest absolute Gasteiger partial charge is 0.485 e. The molecule has 1 aliphatic heterocycles. The Morgan fingerprint density at radius 2 is 1.37 bits per heavy atom. The molecule has 0 saturated heterocycles. The van der Waals surface area contributed by atoms with Crippen molar-refractivity contribution in [2.75, 3.05) is 13.2 Å². The van der Waals surface area contributed by atoms with Crippen LogP contribution in [0.5, 0.6) is 11.5 Å². The average molecular weight is 265 g/mol. The normalized spacial score (nSPS) is 13.7. The van der Waals surface area contributed by atoms with Crippen molar-refractivity contribution >= 4 is 0 Å². The molecule has 0 unspecified atom stereocenters. The van der Waals surface area contributed by atoms with E-state index in [-0.39, 0.29) is 0 Å². The van der Waals surface area contributed by atoms with Crippen LogP contribution in [0.2, 0.25) is 0 Å². The lowest BCUT2D eigenvalue weighted by Gasteiger charge is -2.13. The van der Waals surface area contributed by atoms with E-state index in [9.17, 15) is 0 Å². The standard InChI is InChI=1S/C16H27NO2/c1-2-3-4-5-6-7-8-9-10-17-13-15-16(14-17)19-12-11-18-15/h13-14H,2-12H2,1H3. The summed E-state index contributed by atoms with van der Waals surface area (Å²) in [6.07, 6.45) is 15.0. The molecule has 0 spiro atoms. The minimum atomic E-state index is 0.675. The van der Waals surface area contributed by atoms with Crippen LogP contribution >= 0.6 is 0 Å². The first-order chi connectivity index (χ1) is 9.40. The summed E-state index contributed by atoms with van der Waals surface area (Å²) in [5.74, 6) is 1.82. The average Bonchev–Trinajstić information content (AvgIpc) is 2.84. The van der Waals surface area contributed by atoms with E-state index in [2.05, 4.69) is 23.9 Å². The molecule has 1 aromatic rings. The van der Waals surface area contributed by atoms with Crippen molar-refractivity contribution < 1.29 is 9.47 Å². The van der Waals surface area contributed by atoms with Crippen molar-refractivity contribution in [2.24, 2.45) is 0 Å². The number of nitrogens with zero attached hydrogens (tertiary/aromatic N) is 1. The number of hydrogen-bond acceptors (Lipinski definition) is 2. The summed E-state index contributed by atoms with van der Waals surface area (Å²) >= 11 is 0. The van der Waals surface area contributed by atoms with Gasteiger partial charge in [0, 0.05) is 18.9 Å². The first-order valence-electron chi connectivity index (χ1n) is 7.85. The first kappa shape index (κ1) is 14.3. The van der Waals surface area contributed by atoms with E-state index in [0.29, 0.717) is 13.2 Å². The Morgan fingerprint density at radius 3 is 1.95 bits per heavy atom. The fourth-order valence-electron chi connectivity index (χ4n) is 2.54. The fourth-order valence-corrected chi connectivity index (χ4v) is 2.54. The molecule has 0 aliphatic carbocycles. The van der Waals surface area contributed by atoms with Crippen molar-refractivity contribution in [1.29, 1.82) is 0 Å². The van der Waals surface area contributed by atoms with Crippen molar-refractivity contribution in [3.63, 3.8) is 0 Å². The van der Waals surface area contributed by atoms with Gasteiger partial charge in [-0.15, -0.1) is 0 Å². The molecular formula is C16H27NO2. The molecule has 0 amide bonds. The van der Waals surface area contributed by atoms with Crippen molar-refractivity contribution in [3.8, 4) is 11.5 Å². The van der Waals surface area contributed by atoms with Gasteiger partial charge in [-0.05, 0) is 6.42 Å². The molecule has 0 saturated carbocycles. The number of aromatic nitrogens is 1. The highest BCUT2D eigenvalue weighted by atomic mass is 16.6. The second-order valence-electron chi connectivity index (χ2n) is 5.40. The van der Waals surface area contributed by atoms with Crippen LogP contribution in [0.3, 0.4) is 0 Å². The number of rotatable bonds is 9. The quantitative estimate of drug-likeness (QED) is 0.618. The fraction of sp³-hybridized carbons (Fsp3) is 0.750. The monoisotopic (exact) mass is 265 g/mol. The van der Waals surface area contributed by atoms with Crippen LogP contribution < -0.4 is 9.47 Å². The van der Waals surface area contributed by atoms with Gasteiger partial charge >= 0.3 is 0 Å². The van der Waals surface area contributed by atoms with Gasteiger partial charge in [0.15, 0.2) is 11.5 Å². The third kappa shape index (κ3) is 4.81. The Balaban J connectivity index is 1.54. The smallest absolute Gasteiger partial charge is 0.179 e. The summed E-state index contributed by atoms with van der Waals surface area (Å²) in [6.45, 7) is 4.70. The maximum Gasteiger partial charge on any atom is 0.179 e. The van der Waals surface area contributed by atoms with Crippen molar-refractivity contribution in [2.45, 2.75) is 64.8 Å². The molecule has 0 fully saturated rings. The third-order valence-electron chi connectivity index (χ3n) is 3.68.